The number of nitrogens with one attached hydrogen (secondary N) is 1. The summed E-state index contributed by atoms with van der Waals surface area (Å²) in [6.07, 6.45) is 0.0799. The highest BCUT2D eigenvalue weighted by Gasteiger charge is 2.23. The predicted molar refractivity (Wildman–Crippen MR) is 92.2 cm³/mol. The summed E-state index contributed by atoms with van der Waals surface area (Å²) in [6, 6.07) is -0.691. The van der Waals surface area contributed by atoms with Crippen molar-refractivity contribution in [3.05, 3.63) is 11.4 Å². The third-order valence-electron chi connectivity index (χ3n) is 3.34. The molecule has 2 atom stereocenters. The number of ether oxygens (including phenoxy) is 4. The summed E-state index contributed by atoms with van der Waals surface area (Å²) in [4.78, 5) is 26.6. The molecule has 0 aliphatic heterocycles. The number of rotatable bonds is 16. The summed E-state index contributed by atoms with van der Waals surface area (Å²) >= 11 is 0. The summed E-state index contributed by atoms with van der Waals surface area (Å²) in [7, 11) is 1.62. The molecule has 2 unspecified atom stereocenters. The van der Waals surface area contributed by atoms with Crippen molar-refractivity contribution in [3.63, 3.8) is 0 Å². The van der Waals surface area contributed by atoms with Crippen molar-refractivity contribution in [1.29, 1.82) is 0 Å². The third kappa shape index (κ3) is 13.4. The number of Topliss-reactive ketones (excluding diaryl/α,β-unsaturated/α-hetero) is 1. The minimum Gasteiger partial charge on any atom is -0.382 e. The van der Waals surface area contributed by atoms with Crippen LogP contribution in [-0.2, 0) is 28.5 Å². The van der Waals surface area contributed by atoms with Crippen molar-refractivity contribution < 1.29 is 28.5 Å². The maximum absolute atomic E-state index is 11.8. The van der Waals surface area contributed by atoms with E-state index in [2.05, 4.69) is 10.2 Å². The van der Waals surface area contributed by atoms with E-state index >= 15 is 0 Å². The van der Waals surface area contributed by atoms with E-state index in [1.165, 1.54) is 0 Å². The molecule has 0 aliphatic rings. The Balaban J connectivity index is 3.48. The van der Waals surface area contributed by atoms with Crippen molar-refractivity contribution in [1.82, 2.24) is 5.32 Å². The Morgan fingerprint density at radius 3 is 2.00 bits per heavy atom. The number of carbonyl (C=O) groups is 2. The van der Waals surface area contributed by atoms with Crippen LogP contribution in [0.2, 0.25) is 0 Å². The van der Waals surface area contributed by atoms with Gasteiger partial charge in [-0.1, -0.05) is 6.92 Å². The molecule has 0 heterocycles. The number of carbonyl (C=O) groups excluding carboxylic acids is 2. The Hall–Kier alpha value is -1.53. The Kier molecular flexibility index (Phi) is 15.0. The zero-order valence-electron chi connectivity index (χ0n) is 15.4. The number of hydrogen-bond acceptors (Lipinski definition) is 6. The monoisotopic (exact) mass is 358 g/mol. The molecule has 0 spiro atoms. The van der Waals surface area contributed by atoms with E-state index in [1.54, 1.807) is 21.0 Å². The van der Waals surface area contributed by atoms with Gasteiger partial charge in [0.25, 0.3) is 6.04 Å². The smallest absolute Gasteiger partial charge is 0.278 e. The lowest BCUT2D eigenvalue weighted by Gasteiger charge is -2.11. The minimum absolute atomic E-state index is 0.0799. The lowest BCUT2D eigenvalue weighted by molar-refractivity contribution is -0.129. The number of ketones is 1. The first-order valence-electron chi connectivity index (χ1n) is 8.42. The first-order chi connectivity index (χ1) is 12.0. The fourth-order valence-corrected chi connectivity index (χ4v) is 1.74. The van der Waals surface area contributed by atoms with Gasteiger partial charge in [0.15, 0.2) is 0 Å². The van der Waals surface area contributed by atoms with E-state index in [1.807, 2.05) is 0 Å². The molecule has 0 saturated heterocycles. The van der Waals surface area contributed by atoms with Gasteiger partial charge >= 0.3 is 0 Å². The molecule has 0 bridgehead atoms. The van der Waals surface area contributed by atoms with Gasteiger partial charge in [-0.25, -0.2) is 6.57 Å². The quantitative estimate of drug-likeness (QED) is 0.323. The fourth-order valence-electron chi connectivity index (χ4n) is 1.74. The van der Waals surface area contributed by atoms with Crippen LogP contribution in [0.1, 0.15) is 20.3 Å². The minimum atomic E-state index is -0.691. The number of methoxy groups -OCH3 is 1. The lowest BCUT2D eigenvalue weighted by Crippen LogP contribution is -2.34. The molecule has 0 aliphatic carbocycles. The average molecular weight is 358 g/mol. The zero-order valence-corrected chi connectivity index (χ0v) is 15.4. The molecule has 0 aromatic carbocycles. The lowest BCUT2D eigenvalue weighted by atomic mass is 10.0. The van der Waals surface area contributed by atoms with Crippen LogP contribution < -0.4 is 5.32 Å². The summed E-state index contributed by atoms with van der Waals surface area (Å²) < 4.78 is 20.7. The average Bonchev–Trinajstić information content (AvgIpc) is 2.61. The van der Waals surface area contributed by atoms with E-state index < -0.39 is 12.0 Å². The molecule has 144 valence electrons. The summed E-state index contributed by atoms with van der Waals surface area (Å²) in [5.41, 5.74) is 0. The topological polar surface area (TPSA) is 87.5 Å². The first kappa shape index (κ1) is 23.5. The van der Waals surface area contributed by atoms with Crippen LogP contribution >= 0.6 is 0 Å². The largest absolute Gasteiger partial charge is 0.382 e. The second-order valence-electron chi connectivity index (χ2n) is 5.50. The van der Waals surface area contributed by atoms with Gasteiger partial charge in [-0.3, -0.25) is 9.59 Å². The van der Waals surface area contributed by atoms with Crippen LogP contribution in [0, 0.1) is 12.5 Å². The second kappa shape index (κ2) is 16.0. The maximum atomic E-state index is 11.8. The van der Waals surface area contributed by atoms with Gasteiger partial charge in [0.2, 0.25) is 11.7 Å². The van der Waals surface area contributed by atoms with Crippen molar-refractivity contribution in [2.24, 2.45) is 5.92 Å². The fraction of sp³-hybridized carbons (Fsp3) is 0.824. The van der Waals surface area contributed by atoms with Crippen molar-refractivity contribution in [2.45, 2.75) is 26.3 Å². The van der Waals surface area contributed by atoms with Crippen LogP contribution in [0.5, 0.6) is 0 Å². The molecule has 0 saturated carbocycles. The van der Waals surface area contributed by atoms with Gasteiger partial charge in [0, 0.05) is 32.9 Å². The Bertz CT molecular complexity index is 410. The van der Waals surface area contributed by atoms with Gasteiger partial charge < -0.3 is 29.1 Å². The van der Waals surface area contributed by atoms with Crippen LogP contribution in [-0.4, -0.2) is 77.6 Å². The third-order valence-corrected chi connectivity index (χ3v) is 3.34. The summed E-state index contributed by atoms with van der Waals surface area (Å²) in [5.74, 6) is -0.867. The van der Waals surface area contributed by atoms with E-state index in [4.69, 9.17) is 25.5 Å². The van der Waals surface area contributed by atoms with Gasteiger partial charge in [-0.2, -0.15) is 0 Å². The van der Waals surface area contributed by atoms with Gasteiger partial charge in [-0.05, 0) is 0 Å². The first-order valence-corrected chi connectivity index (χ1v) is 8.42. The number of amides is 1. The summed E-state index contributed by atoms with van der Waals surface area (Å²) in [6.45, 7) is 13.8. The van der Waals surface area contributed by atoms with Crippen molar-refractivity contribution in [2.75, 3.05) is 59.9 Å². The molecule has 1 N–H and O–H groups in total. The molecule has 25 heavy (non-hydrogen) atoms. The normalized spacial score (nSPS) is 13.0. The van der Waals surface area contributed by atoms with Crippen molar-refractivity contribution in [3.8, 4) is 0 Å². The molecule has 8 nitrogen and oxygen atoms in total. The molecular formula is C17H30N2O6. The van der Waals surface area contributed by atoms with E-state index in [9.17, 15) is 9.59 Å². The molecule has 0 aromatic rings. The standard InChI is InChI=1S/C17H30N2O6/c1-14(13-16(20)15(2)18-3)17(21)19-5-6-23-9-10-25-12-11-24-8-7-22-4/h14-15H,5-13H2,1-2,4H3,(H,19,21). The predicted octanol–water partition coefficient (Wildman–Crippen LogP) is 0.702. The Morgan fingerprint density at radius 1 is 0.960 bits per heavy atom. The molecule has 0 rings (SSSR count). The van der Waals surface area contributed by atoms with Crippen LogP contribution in [0.25, 0.3) is 4.85 Å². The highest BCUT2D eigenvalue weighted by atomic mass is 16.6. The molecule has 8 heteroatoms. The zero-order chi connectivity index (χ0) is 18.9. The van der Waals surface area contributed by atoms with Crippen LogP contribution in [0.4, 0.5) is 0 Å². The Labute approximate surface area is 150 Å². The number of hydrogen-bond donors (Lipinski definition) is 1. The summed E-state index contributed by atoms with van der Waals surface area (Å²) in [5, 5.41) is 2.71. The van der Waals surface area contributed by atoms with Gasteiger partial charge in [0.1, 0.15) is 0 Å². The Morgan fingerprint density at radius 2 is 1.48 bits per heavy atom. The SMILES string of the molecule is [C-]#[N+]C(C)C(=O)CC(C)C(=O)NCCOCCOCCOCCOC. The highest BCUT2D eigenvalue weighted by Crippen LogP contribution is 2.06. The highest BCUT2D eigenvalue weighted by molar-refractivity contribution is 5.90. The number of nitrogens with zero attached hydrogens (tertiary/aromatic N) is 1. The van der Waals surface area contributed by atoms with Gasteiger partial charge in [-0.15, -0.1) is 0 Å². The van der Waals surface area contributed by atoms with Gasteiger partial charge in [0.05, 0.1) is 46.2 Å². The van der Waals surface area contributed by atoms with E-state index in [-0.39, 0.29) is 18.1 Å². The second-order valence-corrected chi connectivity index (χ2v) is 5.50. The van der Waals surface area contributed by atoms with E-state index in [0.717, 1.165) is 0 Å². The van der Waals surface area contributed by atoms with E-state index in [0.29, 0.717) is 52.8 Å². The molecular weight excluding hydrogens is 328 g/mol. The molecule has 0 aromatic heterocycles. The molecule has 1 amide bonds. The van der Waals surface area contributed by atoms with Crippen LogP contribution in [0.15, 0.2) is 0 Å². The maximum Gasteiger partial charge on any atom is 0.278 e. The molecule has 0 fully saturated rings. The van der Waals surface area contributed by atoms with Crippen LogP contribution in [0.3, 0.4) is 0 Å². The molecule has 0 radical (unpaired) electrons. The van der Waals surface area contributed by atoms with Crippen molar-refractivity contribution >= 4 is 11.7 Å².